The van der Waals surface area contributed by atoms with E-state index < -0.39 is 63.2 Å². The van der Waals surface area contributed by atoms with Gasteiger partial charge in [-0.05, 0) is 43.3 Å². The molecule has 204 valence electrons. The molecule has 37 heavy (non-hydrogen) atoms. The third kappa shape index (κ3) is 3.59. The number of halogens is 1. The molecule has 4 aliphatic carbocycles. The van der Waals surface area contributed by atoms with Gasteiger partial charge < -0.3 is 19.7 Å². The summed E-state index contributed by atoms with van der Waals surface area (Å²) in [4.78, 5) is 50.7. The van der Waals surface area contributed by atoms with Crippen molar-refractivity contribution in [3.63, 3.8) is 0 Å². The van der Waals surface area contributed by atoms with Gasteiger partial charge in [0.25, 0.3) is 0 Å². The van der Waals surface area contributed by atoms with Crippen LogP contribution in [0, 0.1) is 28.6 Å². The van der Waals surface area contributed by atoms with Gasteiger partial charge in [-0.25, -0.2) is 0 Å². The number of carbonyl (C=O) groups excluding carboxylic acids is 4. The van der Waals surface area contributed by atoms with Crippen LogP contribution in [0.2, 0.25) is 0 Å². The van der Waals surface area contributed by atoms with Crippen LogP contribution in [0.25, 0.3) is 0 Å². The molecule has 0 heterocycles. The predicted molar refractivity (Wildman–Crippen MR) is 137 cm³/mol. The molecule has 8 nitrogen and oxygen atoms in total. The Labute approximate surface area is 226 Å². The van der Waals surface area contributed by atoms with E-state index in [-0.39, 0.29) is 30.5 Å². The molecule has 4 aliphatic rings. The molecule has 0 radical (unpaired) electrons. The number of hydrogen-bond donors (Lipinski definition) is 2. The van der Waals surface area contributed by atoms with Gasteiger partial charge in [0.1, 0.15) is 0 Å². The van der Waals surface area contributed by atoms with Crippen molar-refractivity contribution in [1.82, 2.24) is 0 Å². The summed E-state index contributed by atoms with van der Waals surface area (Å²) >= 11 is 3.90. The highest BCUT2D eigenvalue weighted by Crippen LogP contribution is 2.72. The SMILES string of the molecule is CCC(=O)OCC(=O)[C@@]1(OC(=O)CC)[C@@H](C)C[C@H]2[C@@H]3CCC4=CC(=O)C=C[C@]4(C)[C@@]3(Br)[C@@H](O)[C@@H](O)[C@@]21C. The number of allylic oxidation sites excluding steroid dienone is 4. The van der Waals surface area contributed by atoms with Crippen molar-refractivity contribution in [3.8, 4) is 0 Å². The molecule has 0 saturated heterocycles. The van der Waals surface area contributed by atoms with Crippen molar-refractivity contribution in [2.24, 2.45) is 28.6 Å². The van der Waals surface area contributed by atoms with Gasteiger partial charge in [-0.3, -0.25) is 19.2 Å². The van der Waals surface area contributed by atoms with E-state index in [4.69, 9.17) is 9.47 Å². The lowest BCUT2D eigenvalue weighted by atomic mass is 9.45. The van der Waals surface area contributed by atoms with Crippen molar-refractivity contribution in [2.45, 2.75) is 88.9 Å². The number of ketones is 2. The van der Waals surface area contributed by atoms with E-state index in [9.17, 15) is 29.4 Å². The highest BCUT2D eigenvalue weighted by molar-refractivity contribution is 9.10. The summed E-state index contributed by atoms with van der Waals surface area (Å²) in [5.74, 6) is -2.89. The van der Waals surface area contributed by atoms with Crippen molar-refractivity contribution in [1.29, 1.82) is 0 Å². The van der Waals surface area contributed by atoms with Gasteiger partial charge in [-0.2, -0.15) is 0 Å². The smallest absolute Gasteiger partial charge is 0.306 e. The Morgan fingerprint density at radius 2 is 1.73 bits per heavy atom. The largest absolute Gasteiger partial charge is 0.457 e. The van der Waals surface area contributed by atoms with Gasteiger partial charge in [0, 0.05) is 29.6 Å². The molecule has 3 saturated carbocycles. The summed E-state index contributed by atoms with van der Waals surface area (Å²) in [6.07, 6.45) is 3.90. The molecule has 9 atom stereocenters. The number of rotatable bonds is 6. The molecule has 0 aromatic carbocycles. The summed E-state index contributed by atoms with van der Waals surface area (Å²) < 4.78 is 10.2. The zero-order valence-corrected chi connectivity index (χ0v) is 23.7. The number of fused-ring (bicyclic) bond motifs is 5. The lowest BCUT2D eigenvalue weighted by Crippen LogP contribution is -2.75. The van der Waals surface area contributed by atoms with Crippen molar-refractivity contribution in [3.05, 3.63) is 23.8 Å². The Kier molecular flexibility index (Phi) is 7.17. The van der Waals surface area contributed by atoms with E-state index in [0.29, 0.717) is 19.3 Å². The quantitative estimate of drug-likeness (QED) is 0.362. The molecule has 9 heteroatoms. The summed E-state index contributed by atoms with van der Waals surface area (Å²) in [7, 11) is 0. The van der Waals surface area contributed by atoms with E-state index in [1.165, 1.54) is 6.08 Å². The molecule has 0 aromatic heterocycles. The fraction of sp³-hybridized carbons (Fsp3) is 0.714. The Hall–Kier alpha value is -1.84. The number of alkyl halides is 1. The van der Waals surface area contributed by atoms with E-state index in [1.807, 2.05) is 19.9 Å². The minimum atomic E-state index is -1.79. The first kappa shape index (κ1) is 28.2. The fourth-order valence-corrected chi connectivity index (χ4v) is 9.17. The van der Waals surface area contributed by atoms with Gasteiger partial charge in [0.2, 0.25) is 5.78 Å². The number of carbonyl (C=O) groups is 4. The van der Waals surface area contributed by atoms with Crippen LogP contribution >= 0.6 is 15.9 Å². The Bertz CT molecular complexity index is 1080. The summed E-state index contributed by atoms with van der Waals surface area (Å²) in [6.45, 7) is 8.15. The standard InChI is InChI=1S/C28H37BrO8/c1-6-21(32)36-14-20(31)28(37-22(33)7-2)15(3)12-19-18-9-8-16-13-17(30)10-11-25(16,4)27(18,29)24(35)23(34)26(19,28)5/h10-11,13,15,18-19,23-24,34-35H,6-9,12,14H2,1-5H3/t15-,18-,19-,23+,24-,25-,26+,27-,28-/m0/s1. The second kappa shape index (κ2) is 9.42. The van der Waals surface area contributed by atoms with Gasteiger partial charge in [-0.1, -0.05) is 62.2 Å². The van der Waals surface area contributed by atoms with Crippen molar-refractivity contribution < 1.29 is 38.9 Å². The molecule has 0 amide bonds. The zero-order valence-electron chi connectivity index (χ0n) is 22.1. The van der Waals surface area contributed by atoms with E-state index >= 15 is 0 Å². The fourth-order valence-electron chi connectivity index (χ4n) is 7.98. The average molecular weight is 582 g/mol. The maximum absolute atomic E-state index is 13.9. The highest BCUT2D eigenvalue weighted by atomic mass is 79.9. The summed E-state index contributed by atoms with van der Waals surface area (Å²) in [6, 6.07) is 0. The molecule has 0 aromatic rings. The molecule has 3 fully saturated rings. The normalized spacial score (nSPS) is 44.3. The zero-order chi connectivity index (χ0) is 27.6. The van der Waals surface area contributed by atoms with Gasteiger partial charge in [0.15, 0.2) is 18.0 Å². The van der Waals surface area contributed by atoms with Gasteiger partial charge >= 0.3 is 11.9 Å². The van der Waals surface area contributed by atoms with Gasteiger partial charge in [0.05, 0.1) is 16.5 Å². The van der Waals surface area contributed by atoms with E-state index in [0.717, 1.165) is 5.57 Å². The van der Waals surface area contributed by atoms with Crippen LogP contribution in [0.3, 0.4) is 0 Å². The van der Waals surface area contributed by atoms with Crippen LogP contribution in [0.15, 0.2) is 23.8 Å². The number of hydrogen-bond acceptors (Lipinski definition) is 8. The Balaban J connectivity index is 1.86. The first-order valence-electron chi connectivity index (χ1n) is 13.2. The van der Waals surface area contributed by atoms with Crippen LogP contribution in [-0.4, -0.2) is 62.5 Å². The van der Waals surface area contributed by atoms with Crippen LogP contribution in [0.5, 0.6) is 0 Å². The number of esters is 2. The topological polar surface area (TPSA) is 127 Å². The maximum atomic E-state index is 13.9. The number of aliphatic hydroxyl groups is 2. The number of aliphatic hydroxyl groups excluding tert-OH is 2. The maximum Gasteiger partial charge on any atom is 0.306 e. The molecular weight excluding hydrogens is 544 g/mol. The van der Waals surface area contributed by atoms with Crippen LogP contribution < -0.4 is 0 Å². The molecule has 0 bridgehead atoms. The lowest BCUT2D eigenvalue weighted by Gasteiger charge is -2.65. The summed E-state index contributed by atoms with van der Waals surface area (Å²) in [5, 5.41) is 23.8. The number of ether oxygens (including phenoxy) is 2. The third-order valence-corrected chi connectivity index (χ3v) is 11.8. The number of Topliss-reactive ketones (excluding diaryl/α,β-unsaturated/α-hetero) is 1. The lowest BCUT2D eigenvalue weighted by molar-refractivity contribution is -0.234. The van der Waals surface area contributed by atoms with E-state index in [1.54, 1.807) is 26.8 Å². The monoisotopic (exact) mass is 580 g/mol. The molecule has 0 spiro atoms. The first-order valence-corrected chi connectivity index (χ1v) is 13.9. The minimum absolute atomic E-state index is 0.0206. The first-order chi connectivity index (χ1) is 17.2. The van der Waals surface area contributed by atoms with Crippen LogP contribution in [0.4, 0.5) is 0 Å². The van der Waals surface area contributed by atoms with Crippen LogP contribution in [0.1, 0.15) is 66.7 Å². The van der Waals surface area contributed by atoms with Crippen molar-refractivity contribution >= 4 is 39.4 Å². The van der Waals surface area contributed by atoms with Gasteiger partial charge in [-0.15, -0.1) is 0 Å². The second-order valence-corrected chi connectivity index (χ2v) is 12.7. The molecular formula is C28H37BrO8. The van der Waals surface area contributed by atoms with Crippen molar-refractivity contribution in [2.75, 3.05) is 6.61 Å². The highest BCUT2D eigenvalue weighted by Gasteiger charge is 2.79. The predicted octanol–water partition coefficient (Wildman–Crippen LogP) is 3.21. The summed E-state index contributed by atoms with van der Waals surface area (Å²) in [5.41, 5.74) is -3.00. The van der Waals surface area contributed by atoms with Crippen LogP contribution in [-0.2, 0) is 28.7 Å². The minimum Gasteiger partial charge on any atom is -0.457 e. The van der Waals surface area contributed by atoms with E-state index in [2.05, 4.69) is 15.9 Å². The Morgan fingerprint density at radius 3 is 2.35 bits per heavy atom. The molecule has 4 rings (SSSR count). The second-order valence-electron chi connectivity index (χ2n) is 11.4. The average Bonchev–Trinajstić information content (AvgIpc) is 3.10. The Morgan fingerprint density at radius 1 is 1.08 bits per heavy atom. The molecule has 0 unspecified atom stereocenters. The molecule has 2 N–H and O–H groups in total. The molecule has 0 aliphatic heterocycles. The third-order valence-electron chi connectivity index (χ3n) is 9.96.